The molecule has 3 heteroatoms. The van der Waals surface area contributed by atoms with E-state index in [1.807, 2.05) is 38.1 Å². The van der Waals surface area contributed by atoms with Crippen LogP contribution in [0.4, 0.5) is 0 Å². The Morgan fingerprint density at radius 3 is 1.13 bits per heavy atom. The molecule has 0 fully saturated rings. The number of aromatic nitrogens is 1. The maximum Gasteiger partial charge on any atom is 0.115 e. The minimum Gasteiger partial charge on any atom is -0.508 e. The fraction of sp³-hybridized carbons (Fsp3) is 0.120. The predicted molar refractivity (Wildman–Crippen MR) is 333 cm³/mol. The van der Waals surface area contributed by atoms with Crippen molar-refractivity contribution >= 4 is 54.1 Å². The zero-order chi connectivity index (χ0) is 54.2. The van der Waals surface area contributed by atoms with E-state index in [-0.39, 0.29) is 11.5 Å². The number of phenolic OH excluding ortho intramolecular Hbond substituents is 2. The van der Waals surface area contributed by atoms with Crippen molar-refractivity contribution in [2.24, 2.45) is 0 Å². The highest BCUT2D eigenvalue weighted by molar-refractivity contribution is 6.10. The molecule has 0 atom stereocenters. The van der Waals surface area contributed by atoms with Crippen molar-refractivity contribution in [1.82, 2.24) is 4.57 Å². The van der Waals surface area contributed by atoms with E-state index in [0.29, 0.717) is 11.8 Å². The van der Waals surface area contributed by atoms with Gasteiger partial charge in [-0.2, -0.15) is 0 Å². The Balaban J connectivity index is 0.000000122. The van der Waals surface area contributed by atoms with E-state index in [0.717, 1.165) is 11.1 Å². The third kappa shape index (κ3) is 10.3. The second-order valence-electron chi connectivity index (χ2n) is 20.3. The largest absolute Gasteiger partial charge is 0.508 e. The van der Waals surface area contributed by atoms with Gasteiger partial charge in [0.15, 0.2) is 0 Å². The van der Waals surface area contributed by atoms with Crippen molar-refractivity contribution in [3.63, 3.8) is 0 Å². The number of para-hydroxylation sites is 2. The minimum absolute atomic E-state index is 0.249. The second kappa shape index (κ2) is 23.4. The summed E-state index contributed by atoms with van der Waals surface area (Å²) in [5.74, 6) is 1.73. The fourth-order valence-electron chi connectivity index (χ4n) is 11.2. The molecule has 13 aromatic rings. The quantitative estimate of drug-likeness (QED) is 0.180. The highest BCUT2D eigenvalue weighted by Gasteiger charge is 2.45. The standard InChI is InChI=1S/C25H18O2.C22H15N.2C13H14.C2H6/c26-19-13-9-17(10-14-19)25(18-11-15-20(27)16-12-18)23-7-3-1-5-21(23)22-6-2-4-8-24(22)25;1-2-10-17-16(8-1)9-7-15-20(17)23-21-13-5-3-11-18(21)19-12-4-6-14-22(19)23;2*1-10(2)12-8-7-11-5-3-4-6-13(11)9-12;1-2/h1-16,26-27H;1-15H;2*3-10H,1-2H3;1-2H3. The Morgan fingerprint density at radius 1 is 0.321 bits per heavy atom. The molecule has 0 saturated heterocycles. The van der Waals surface area contributed by atoms with Gasteiger partial charge in [-0.05, 0) is 126 Å². The van der Waals surface area contributed by atoms with Crippen molar-refractivity contribution in [1.29, 1.82) is 0 Å². The van der Waals surface area contributed by atoms with E-state index in [9.17, 15) is 10.2 Å². The van der Waals surface area contributed by atoms with Crippen LogP contribution in [0.3, 0.4) is 0 Å². The average Bonchev–Trinajstić information content (AvgIpc) is 4.14. The van der Waals surface area contributed by atoms with Gasteiger partial charge in [-0.15, -0.1) is 0 Å². The molecule has 12 aromatic carbocycles. The average molecular weight is 1010 g/mol. The molecule has 1 heterocycles. The maximum atomic E-state index is 9.85. The van der Waals surface area contributed by atoms with Crippen LogP contribution in [-0.4, -0.2) is 14.8 Å². The summed E-state index contributed by atoms with van der Waals surface area (Å²) in [6.07, 6.45) is 0. The van der Waals surface area contributed by atoms with E-state index in [1.54, 1.807) is 24.3 Å². The zero-order valence-electron chi connectivity index (χ0n) is 45.5. The third-order valence-corrected chi connectivity index (χ3v) is 15.0. The molecule has 1 aliphatic carbocycles. The van der Waals surface area contributed by atoms with Gasteiger partial charge in [-0.1, -0.05) is 272 Å². The van der Waals surface area contributed by atoms with E-state index >= 15 is 0 Å². The molecule has 0 aliphatic heterocycles. The van der Waals surface area contributed by atoms with Crippen LogP contribution in [0.2, 0.25) is 0 Å². The van der Waals surface area contributed by atoms with E-state index in [1.165, 1.54) is 93.2 Å². The fourth-order valence-corrected chi connectivity index (χ4v) is 11.2. The van der Waals surface area contributed by atoms with Crippen LogP contribution < -0.4 is 0 Å². The molecule has 1 aromatic heterocycles. The van der Waals surface area contributed by atoms with Crippen LogP contribution in [0.1, 0.15) is 86.8 Å². The van der Waals surface area contributed by atoms with Gasteiger partial charge in [0.2, 0.25) is 0 Å². The topological polar surface area (TPSA) is 45.4 Å². The molecular formula is C75H67NO2. The molecule has 3 nitrogen and oxygen atoms in total. The molecule has 0 spiro atoms. The van der Waals surface area contributed by atoms with Gasteiger partial charge in [-0.25, -0.2) is 0 Å². The number of benzene rings is 12. The van der Waals surface area contributed by atoms with Crippen LogP contribution in [0, 0.1) is 0 Å². The van der Waals surface area contributed by atoms with Gasteiger partial charge >= 0.3 is 0 Å². The Hall–Kier alpha value is -9.18. The number of hydrogen-bond donors (Lipinski definition) is 2. The molecule has 0 unspecified atom stereocenters. The minimum atomic E-state index is -0.491. The number of aromatic hydroxyl groups is 2. The van der Waals surface area contributed by atoms with Crippen molar-refractivity contribution in [3.8, 4) is 28.3 Å². The van der Waals surface area contributed by atoms with Gasteiger partial charge in [0.1, 0.15) is 11.5 Å². The Bertz CT molecular complexity index is 3910. The van der Waals surface area contributed by atoms with Crippen LogP contribution >= 0.6 is 0 Å². The molecule has 384 valence electrons. The van der Waals surface area contributed by atoms with Gasteiger partial charge in [0.25, 0.3) is 0 Å². The molecule has 0 amide bonds. The Labute approximate surface area is 460 Å². The van der Waals surface area contributed by atoms with Crippen LogP contribution in [0.5, 0.6) is 11.5 Å². The van der Waals surface area contributed by atoms with Gasteiger partial charge in [0, 0.05) is 16.2 Å². The first kappa shape index (κ1) is 52.3. The Kier molecular flexibility index (Phi) is 15.7. The van der Waals surface area contributed by atoms with Gasteiger partial charge in [0.05, 0.1) is 22.1 Å². The molecule has 1 aliphatic rings. The van der Waals surface area contributed by atoms with Crippen molar-refractivity contribution < 1.29 is 10.2 Å². The van der Waals surface area contributed by atoms with E-state index in [2.05, 4.69) is 257 Å². The molecular weight excluding hydrogens is 947 g/mol. The lowest BCUT2D eigenvalue weighted by Crippen LogP contribution is -2.28. The molecule has 0 bridgehead atoms. The van der Waals surface area contributed by atoms with E-state index < -0.39 is 5.41 Å². The summed E-state index contributed by atoms with van der Waals surface area (Å²) in [6.45, 7) is 12.9. The molecule has 78 heavy (non-hydrogen) atoms. The lowest BCUT2D eigenvalue weighted by molar-refractivity contribution is 0.474. The summed E-state index contributed by atoms with van der Waals surface area (Å²) >= 11 is 0. The highest BCUT2D eigenvalue weighted by atomic mass is 16.3. The third-order valence-electron chi connectivity index (χ3n) is 15.0. The van der Waals surface area contributed by atoms with Crippen molar-refractivity contribution in [3.05, 3.63) is 306 Å². The number of phenols is 2. The number of hydrogen-bond acceptors (Lipinski definition) is 2. The first-order chi connectivity index (χ1) is 38.2. The second-order valence-corrected chi connectivity index (χ2v) is 20.3. The molecule has 14 rings (SSSR count). The summed E-state index contributed by atoms with van der Waals surface area (Å²) in [5, 5.41) is 30.2. The molecule has 0 radical (unpaired) electrons. The summed E-state index contributed by atoms with van der Waals surface area (Å²) in [5.41, 5.74) is 13.1. The molecule has 2 N–H and O–H groups in total. The van der Waals surface area contributed by atoms with Crippen molar-refractivity contribution in [2.45, 2.75) is 58.8 Å². The SMILES string of the molecule is CC.CC(C)c1ccc2ccccc2c1.CC(C)c1ccc2ccccc2c1.Oc1ccc(C2(c3ccc(O)cc3)c3ccccc3-c3ccccc32)cc1.c1ccc2c(-n3c4ccccc4c4ccccc43)cccc2c1. The number of rotatable bonds is 5. The zero-order valence-corrected chi connectivity index (χ0v) is 45.5. The van der Waals surface area contributed by atoms with Crippen LogP contribution in [0.15, 0.2) is 273 Å². The highest BCUT2D eigenvalue weighted by Crippen LogP contribution is 2.56. The lowest BCUT2D eigenvalue weighted by Gasteiger charge is -2.33. The summed E-state index contributed by atoms with van der Waals surface area (Å²) in [6, 6.07) is 94.6. The maximum absolute atomic E-state index is 9.85. The summed E-state index contributed by atoms with van der Waals surface area (Å²) < 4.78 is 2.38. The lowest BCUT2D eigenvalue weighted by atomic mass is 9.68. The van der Waals surface area contributed by atoms with E-state index in [4.69, 9.17) is 0 Å². The van der Waals surface area contributed by atoms with Crippen LogP contribution in [0.25, 0.3) is 70.9 Å². The Morgan fingerprint density at radius 2 is 0.679 bits per heavy atom. The summed E-state index contributed by atoms with van der Waals surface area (Å²) in [7, 11) is 0. The molecule has 0 saturated carbocycles. The van der Waals surface area contributed by atoms with Crippen molar-refractivity contribution in [2.75, 3.05) is 0 Å². The first-order valence-electron chi connectivity index (χ1n) is 27.4. The normalized spacial score (nSPS) is 11.9. The monoisotopic (exact) mass is 1010 g/mol. The van der Waals surface area contributed by atoms with Gasteiger partial charge < -0.3 is 14.8 Å². The number of fused-ring (bicyclic) bond motifs is 9. The summed E-state index contributed by atoms with van der Waals surface area (Å²) in [4.78, 5) is 0. The number of nitrogens with zero attached hydrogens (tertiary/aromatic N) is 1. The van der Waals surface area contributed by atoms with Crippen LogP contribution in [-0.2, 0) is 5.41 Å². The predicted octanol–water partition coefficient (Wildman–Crippen LogP) is 20.4. The van der Waals surface area contributed by atoms with Gasteiger partial charge in [-0.3, -0.25) is 0 Å². The smallest absolute Gasteiger partial charge is 0.115 e. The first-order valence-corrected chi connectivity index (χ1v) is 27.4.